The van der Waals surface area contributed by atoms with E-state index in [-0.39, 0.29) is 5.91 Å². The molecule has 2 aromatic carbocycles. The molecule has 110 valence electrons. The molecule has 2 aromatic rings. The van der Waals surface area contributed by atoms with Crippen molar-refractivity contribution in [2.75, 3.05) is 17.2 Å². The number of carbonyl (C=O) groups excluding carboxylic acids is 1. The lowest BCUT2D eigenvalue weighted by molar-refractivity contribution is 0.0987. The van der Waals surface area contributed by atoms with E-state index in [1.807, 2.05) is 44.2 Å². The van der Waals surface area contributed by atoms with E-state index in [9.17, 15) is 4.79 Å². The van der Waals surface area contributed by atoms with E-state index in [0.29, 0.717) is 22.8 Å². The first-order valence-electron chi connectivity index (χ1n) is 6.96. The Morgan fingerprint density at radius 3 is 2.62 bits per heavy atom. The molecule has 2 N–H and O–H groups in total. The molecule has 0 unspecified atom stereocenters. The number of nitrogens with two attached hydrogens (primary N) is 1. The van der Waals surface area contributed by atoms with Crippen LogP contribution in [0.3, 0.4) is 0 Å². The van der Waals surface area contributed by atoms with Crippen LogP contribution in [0.5, 0.6) is 0 Å². The highest BCUT2D eigenvalue weighted by molar-refractivity contribution is 6.31. The Kier molecular flexibility index (Phi) is 4.86. The summed E-state index contributed by atoms with van der Waals surface area (Å²) in [6.07, 6.45) is 0.868. The van der Waals surface area contributed by atoms with Gasteiger partial charge in [0.05, 0.1) is 0 Å². The summed E-state index contributed by atoms with van der Waals surface area (Å²) in [5.41, 5.74) is 8.81. The van der Waals surface area contributed by atoms with Gasteiger partial charge >= 0.3 is 0 Å². The predicted molar refractivity (Wildman–Crippen MR) is 89.0 cm³/mol. The maximum absolute atomic E-state index is 12.8. The Labute approximate surface area is 130 Å². The van der Waals surface area contributed by atoms with Crippen molar-refractivity contribution in [3.05, 3.63) is 58.6 Å². The Bertz CT molecular complexity index is 655. The first-order chi connectivity index (χ1) is 10.0. The van der Waals surface area contributed by atoms with Gasteiger partial charge < -0.3 is 10.6 Å². The second-order valence-corrected chi connectivity index (χ2v) is 5.42. The fraction of sp³-hybridized carbons (Fsp3) is 0.235. The summed E-state index contributed by atoms with van der Waals surface area (Å²) in [5, 5.41) is 0.664. The van der Waals surface area contributed by atoms with Crippen molar-refractivity contribution >= 4 is 28.9 Å². The summed E-state index contributed by atoms with van der Waals surface area (Å²) in [6.45, 7) is 4.58. The van der Waals surface area contributed by atoms with Gasteiger partial charge in [-0.15, -0.1) is 0 Å². The SMILES string of the molecule is CCCN(C(=O)c1ccc(Cl)c(C)c1)c1cccc(N)c1. The standard InChI is InChI=1S/C17H19ClN2O/c1-3-9-20(15-6-4-5-14(19)11-15)17(21)13-7-8-16(18)12(2)10-13/h4-8,10-11H,3,9,19H2,1-2H3. The Balaban J connectivity index is 2.37. The molecule has 0 bridgehead atoms. The average molecular weight is 303 g/mol. The molecule has 3 nitrogen and oxygen atoms in total. The normalized spacial score (nSPS) is 10.4. The molecule has 0 aliphatic heterocycles. The number of amides is 1. The molecule has 0 saturated heterocycles. The molecule has 1 amide bonds. The summed E-state index contributed by atoms with van der Waals surface area (Å²) < 4.78 is 0. The third kappa shape index (κ3) is 3.56. The number of hydrogen-bond donors (Lipinski definition) is 1. The van der Waals surface area contributed by atoms with Gasteiger partial charge in [-0.05, 0) is 55.3 Å². The van der Waals surface area contributed by atoms with Crippen molar-refractivity contribution in [3.8, 4) is 0 Å². The van der Waals surface area contributed by atoms with Crippen LogP contribution in [0, 0.1) is 6.92 Å². The van der Waals surface area contributed by atoms with Crippen molar-refractivity contribution in [2.45, 2.75) is 20.3 Å². The molecule has 0 saturated carbocycles. The van der Waals surface area contributed by atoms with Crippen molar-refractivity contribution < 1.29 is 4.79 Å². The van der Waals surface area contributed by atoms with Crippen molar-refractivity contribution in [2.24, 2.45) is 0 Å². The quantitative estimate of drug-likeness (QED) is 0.857. The third-order valence-electron chi connectivity index (χ3n) is 3.28. The Morgan fingerprint density at radius 1 is 1.24 bits per heavy atom. The van der Waals surface area contributed by atoms with Gasteiger partial charge in [0.1, 0.15) is 0 Å². The number of benzene rings is 2. The number of anilines is 2. The molecular weight excluding hydrogens is 284 g/mol. The van der Waals surface area contributed by atoms with Crippen LogP contribution in [-0.2, 0) is 0 Å². The van der Waals surface area contributed by atoms with Gasteiger partial charge in [0, 0.05) is 28.5 Å². The first kappa shape index (κ1) is 15.4. The van der Waals surface area contributed by atoms with Crippen LogP contribution < -0.4 is 10.6 Å². The number of aryl methyl sites for hydroxylation is 1. The van der Waals surface area contributed by atoms with Gasteiger partial charge in [-0.1, -0.05) is 24.6 Å². The van der Waals surface area contributed by atoms with Crippen molar-refractivity contribution in [3.63, 3.8) is 0 Å². The van der Waals surface area contributed by atoms with Crippen LogP contribution in [0.4, 0.5) is 11.4 Å². The van der Waals surface area contributed by atoms with Gasteiger partial charge in [-0.25, -0.2) is 0 Å². The van der Waals surface area contributed by atoms with Crippen molar-refractivity contribution in [1.82, 2.24) is 0 Å². The van der Waals surface area contributed by atoms with E-state index in [1.54, 1.807) is 17.0 Å². The third-order valence-corrected chi connectivity index (χ3v) is 3.70. The van der Waals surface area contributed by atoms with E-state index in [0.717, 1.165) is 17.7 Å². The van der Waals surface area contributed by atoms with Crippen LogP contribution in [0.25, 0.3) is 0 Å². The van der Waals surface area contributed by atoms with Gasteiger partial charge in [0.2, 0.25) is 0 Å². The Hall–Kier alpha value is -2.00. The summed E-state index contributed by atoms with van der Waals surface area (Å²) in [4.78, 5) is 14.5. The van der Waals surface area contributed by atoms with Crippen LogP contribution in [0.1, 0.15) is 29.3 Å². The van der Waals surface area contributed by atoms with Crippen LogP contribution in [0.2, 0.25) is 5.02 Å². The van der Waals surface area contributed by atoms with E-state index in [1.165, 1.54) is 0 Å². The van der Waals surface area contributed by atoms with Crippen LogP contribution in [-0.4, -0.2) is 12.5 Å². The molecule has 4 heteroatoms. The molecule has 0 heterocycles. The topological polar surface area (TPSA) is 46.3 Å². The molecule has 2 rings (SSSR count). The highest BCUT2D eigenvalue weighted by Gasteiger charge is 2.17. The first-order valence-corrected chi connectivity index (χ1v) is 7.34. The molecule has 0 aliphatic rings. The second kappa shape index (κ2) is 6.64. The van der Waals surface area contributed by atoms with Crippen LogP contribution in [0.15, 0.2) is 42.5 Å². The summed E-state index contributed by atoms with van der Waals surface area (Å²) in [6, 6.07) is 12.7. The van der Waals surface area contributed by atoms with Crippen LogP contribution >= 0.6 is 11.6 Å². The molecular formula is C17H19ClN2O. The minimum atomic E-state index is -0.0396. The lowest BCUT2D eigenvalue weighted by Gasteiger charge is -2.23. The Morgan fingerprint density at radius 2 is 2.00 bits per heavy atom. The highest BCUT2D eigenvalue weighted by Crippen LogP contribution is 2.22. The number of nitrogens with zero attached hydrogens (tertiary/aromatic N) is 1. The zero-order chi connectivity index (χ0) is 15.4. The maximum Gasteiger partial charge on any atom is 0.258 e. The lowest BCUT2D eigenvalue weighted by atomic mass is 10.1. The minimum Gasteiger partial charge on any atom is -0.399 e. The van der Waals surface area contributed by atoms with E-state index >= 15 is 0 Å². The van der Waals surface area contributed by atoms with E-state index in [2.05, 4.69) is 0 Å². The van der Waals surface area contributed by atoms with Gasteiger partial charge in [0.25, 0.3) is 5.91 Å². The molecule has 0 fully saturated rings. The summed E-state index contributed by atoms with van der Waals surface area (Å²) in [5.74, 6) is -0.0396. The number of carbonyl (C=O) groups is 1. The highest BCUT2D eigenvalue weighted by atomic mass is 35.5. The van der Waals surface area contributed by atoms with Gasteiger partial charge in [0.15, 0.2) is 0 Å². The molecule has 0 aliphatic carbocycles. The van der Waals surface area contributed by atoms with E-state index < -0.39 is 0 Å². The van der Waals surface area contributed by atoms with Gasteiger partial charge in [-0.3, -0.25) is 4.79 Å². The molecule has 0 spiro atoms. The summed E-state index contributed by atoms with van der Waals surface area (Å²) in [7, 11) is 0. The average Bonchev–Trinajstić information content (AvgIpc) is 2.47. The fourth-order valence-electron chi connectivity index (χ4n) is 2.20. The summed E-state index contributed by atoms with van der Waals surface area (Å²) >= 11 is 6.02. The largest absolute Gasteiger partial charge is 0.399 e. The molecule has 0 radical (unpaired) electrons. The number of nitrogen functional groups attached to an aromatic ring is 1. The maximum atomic E-state index is 12.8. The second-order valence-electron chi connectivity index (χ2n) is 5.02. The fourth-order valence-corrected chi connectivity index (χ4v) is 2.32. The number of hydrogen-bond acceptors (Lipinski definition) is 2. The lowest BCUT2D eigenvalue weighted by Crippen LogP contribution is -2.31. The number of halogens is 1. The minimum absolute atomic E-state index is 0.0396. The number of rotatable bonds is 4. The van der Waals surface area contributed by atoms with Crippen molar-refractivity contribution in [1.29, 1.82) is 0 Å². The molecule has 21 heavy (non-hydrogen) atoms. The predicted octanol–water partition coefficient (Wildman–Crippen LogP) is 4.29. The molecule has 0 atom stereocenters. The van der Waals surface area contributed by atoms with E-state index in [4.69, 9.17) is 17.3 Å². The zero-order valence-corrected chi connectivity index (χ0v) is 13.0. The smallest absolute Gasteiger partial charge is 0.258 e. The van der Waals surface area contributed by atoms with Gasteiger partial charge in [-0.2, -0.15) is 0 Å². The monoisotopic (exact) mass is 302 g/mol. The molecule has 0 aromatic heterocycles. The zero-order valence-electron chi connectivity index (χ0n) is 12.3.